The number of rotatable bonds is 6. The van der Waals surface area contributed by atoms with Gasteiger partial charge in [-0.05, 0) is 118 Å². The maximum atomic E-state index is 2.52. The molecular formula is C50H50. The predicted molar refractivity (Wildman–Crippen MR) is 223 cm³/mol. The molecule has 0 saturated carbocycles. The third-order valence-electron chi connectivity index (χ3n) is 10.6. The van der Waals surface area contributed by atoms with E-state index in [2.05, 4.69) is 172 Å². The average Bonchev–Trinajstić information content (AvgIpc) is 3.20. The highest BCUT2D eigenvalue weighted by Crippen LogP contribution is 2.47. The molecule has 0 radical (unpaired) electrons. The predicted octanol–water partition coefficient (Wildman–Crippen LogP) is 15.4. The topological polar surface area (TPSA) is 0 Å². The Hall–Kier alpha value is -5.20. The van der Waals surface area contributed by atoms with Gasteiger partial charge >= 0.3 is 0 Å². The Kier molecular flexibility index (Phi) is 10.5. The highest BCUT2D eigenvalue weighted by atomic mass is 14.3. The number of hydrogen-bond donors (Lipinski definition) is 0. The molecule has 8 rings (SSSR count). The van der Waals surface area contributed by atoms with Gasteiger partial charge in [0, 0.05) is 0 Å². The summed E-state index contributed by atoms with van der Waals surface area (Å²) in [7, 11) is 0. The van der Waals surface area contributed by atoms with E-state index >= 15 is 0 Å². The van der Waals surface area contributed by atoms with Crippen LogP contribution in [0.5, 0.6) is 0 Å². The van der Waals surface area contributed by atoms with E-state index in [9.17, 15) is 0 Å². The van der Waals surface area contributed by atoms with Crippen LogP contribution in [0.15, 0.2) is 152 Å². The fraction of sp³-hybridized carbons (Fsp3) is 0.200. The minimum absolute atomic E-state index is 0.115. The molecule has 0 fully saturated rings. The molecule has 0 N–H and O–H groups in total. The molecule has 0 aliphatic heterocycles. The molecule has 0 bridgehead atoms. The van der Waals surface area contributed by atoms with E-state index in [1.54, 1.807) is 0 Å². The lowest BCUT2D eigenvalue weighted by Gasteiger charge is -2.29. The van der Waals surface area contributed by atoms with Crippen LogP contribution in [0.3, 0.4) is 0 Å². The molecule has 8 aromatic rings. The van der Waals surface area contributed by atoms with Crippen LogP contribution in [0.25, 0.3) is 76.5 Å². The van der Waals surface area contributed by atoms with Crippen molar-refractivity contribution in [2.24, 2.45) is 0 Å². The first-order valence-electron chi connectivity index (χ1n) is 18.6. The average molecular weight is 651 g/mol. The fourth-order valence-corrected chi connectivity index (χ4v) is 7.48. The summed E-state index contributed by atoms with van der Waals surface area (Å²) in [6, 6.07) is 56.5. The van der Waals surface area contributed by atoms with Crippen molar-refractivity contribution in [1.82, 2.24) is 0 Å². The van der Waals surface area contributed by atoms with Crippen molar-refractivity contribution < 1.29 is 0 Å². The van der Waals surface area contributed by atoms with Crippen LogP contribution in [0.1, 0.15) is 66.9 Å². The fourth-order valence-electron chi connectivity index (χ4n) is 7.48. The Morgan fingerprint density at radius 3 is 1.64 bits per heavy atom. The zero-order chi connectivity index (χ0) is 35.3. The van der Waals surface area contributed by atoms with Crippen molar-refractivity contribution in [3.63, 3.8) is 0 Å². The summed E-state index contributed by atoms with van der Waals surface area (Å²) in [5.74, 6) is 0. The van der Waals surface area contributed by atoms with Crippen LogP contribution in [-0.2, 0) is 5.41 Å². The summed E-state index contributed by atoms with van der Waals surface area (Å²) in [5.41, 5.74) is 9.18. The smallest absolute Gasteiger partial charge is 0.00201 e. The molecule has 250 valence electrons. The summed E-state index contributed by atoms with van der Waals surface area (Å²) in [4.78, 5) is 0. The van der Waals surface area contributed by atoms with Crippen molar-refractivity contribution >= 4 is 43.1 Å². The molecule has 0 unspecified atom stereocenters. The van der Waals surface area contributed by atoms with Crippen LogP contribution in [0.2, 0.25) is 0 Å². The van der Waals surface area contributed by atoms with Crippen LogP contribution in [0.4, 0.5) is 0 Å². The molecule has 0 nitrogen and oxygen atoms in total. The Morgan fingerprint density at radius 2 is 0.920 bits per heavy atom. The van der Waals surface area contributed by atoms with Gasteiger partial charge in [0.25, 0.3) is 0 Å². The SMILES string of the molecule is CC.CC.CCC(C)(CC)c1ccc2c(-c3cccc4ccccc34)c3ccccc3c(-c3cccc(-c4ccc5ccccc5c4)c3)c2c1. The Labute approximate surface area is 299 Å². The standard InChI is InChI=1S/C46H38.2C2H6/c1-4-46(3,5-2)37-26-27-42-43(30-37)44(36-19-12-18-34(29-36)35-25-24-31-14-6-7-16-33(31)28-35)40-21-10-11-22-41(40)45(42)39-23-13-17-32-15-8-9-20-38(32)39;2*1-2/h6-30H,4-5H2,1-3H3;2*1-2H3. The lowest BCUT2D eigenvalue weighted by atomic mass is 9.76. The first-order valence-corrected chi connectivity index (χ1v) is 18.6. The number of benzene rings is 8. The van der Waals surface area contributed by atoms with Gasteiger partial charge in [0.2, 0.25) is 0 Å². The van der Waals surface area contributed by atoms with E-state index in [0.717, 1.165) is 12.8 Å². The molecule has 0 spiro atoms. The molecule has 8 aromatic carbocycles. The van der Waals surface area contributed by atoms with E-state index < -0.39 is 0 Å². The highest BCUT2D eigenvalue weighted by Gasteiger charge is 2.25. The van der Waals surface area contributed by atoms with Crippen molar-refractivity contribution in [1.29, 1.82) is 0 Å². The maximum Gasteiger partial charge on any atom is -0.00201 e. The molecule has 0 saturated heterocycles. The zero-order valence-electron chi connectivity index (χ0n) is 30.8. The number of fused-ring (bicyclic) bond motifs is 4. The first-order chi connectivity index (χ1) is 24.6. The molecule has 0 heterocycles. The van der Waals surface area contributed by atoms with Gasteiger partial charge in [-0.1, -0.05) is 182 Å². The summed E-state index contributed by atoms with van der Waals surface area (Å²) in [6.07, 6.45) is 2.21. The van der Waals surface area contributed by atoms with E-state index in [0.29, 0.717) is 0 Å². The van der Waals surface area contributed by atoms with Gasteiger partial charge in [-0.2, -0.15) is 0 Å². The van der Waals surface area contributed by atoms with Gasteiger partial charge < -0.3 is 0 Å². The second-order valence-corrected chi connectivity index (χ2v) is 13.0. The largest absolute Gasteiger partial charge is 0.0683 e. The van der Waals surface area contributed by atoms with E-state index in [1.807, 2.05) is 27.7 Å². The lowest BCUT2D eigenvalue weighted by Crippen LogP contribution is -2.19. The Balaban J connectivity index is 0.00000104. The van der Waals surface area contributed by atoms with Gasteiger partial charge in [-0.15, -0.1) is 0 Å². The minimum Gasteiger partial charge on any atom is -0.0683 e. The third kappa shape index (κ3) is 6.20. The molecule has 50 heavy (non-hydrogen) atoms. The Morgan fingerprint density at radius 1 is 0.380 bits per heavy atom. The molecule has 0 atom stereocenters. The van der Waals surface area contributed by atoms with Crippen LogP contribution < -0.4 is 0 Å². The van der Waals surface area contributed by atoms with Gasteiger partial charge in [-0.3, -0.25) is 0 Å². The second kappa shape index (κ2) is 15.1. The van der Waals surface area contributed by atoms with Crippen molar-refractivity contribution in [2.45, 2.75) is 66.7 Å². The van der Waals surface area contributed by atoms with Crippen molar-refractivity contribution in [2.75, 3.05) is 0 Å². The molecule has 0 aromatic heterocycles. The normalized spacial score (nSPS) is 11.3. The second-order valence-electron chi connectivity index (χ2n) is 13.0. The molecule has 0 aliphatic rings. The molecule has 0 heteroatoms. The molecule has 0 aliphatic carbocycles. The molecular weight excluding hydrogens is 601 g/mol. The summed E-state index contributed by atoms with van der Waals surface area (Å²) in [5, 5.41) is 10.3. The monoisotopic (exact) mass is 650 g/mol. The first kappa shape index (κ1) is 34.7. The van der Waals surface area contributed by atoms with Gasteiger partial charge in [0.05, 0.1) is 0 Å². The zero-order valence-corrected chi connectivity index (χ0v) is 30.8. The van der Waals surface area contributed by atoms with Gasteiger partial charge in [0.1, 0.15) is 0 Å². The Bertz CT molecular complexity index is 2400. The van der Waals surface area contributed by atoms with Crippen LogP contribution in [-0.4, -0.2) is 0 Å². The van der Waals surface area contributed by atoms with Gasteiger partial charge in [-0.25, -0.2) is 0 Å². The van der Waals surface area contributed by atoms with Crippen molar-refractivity contribution in [3.05, 3.63) is 157 Å². The third-order valence-corrected chi connectivity index (χ3v) is 10.6. The van der Waals surface area contributed by atoms with Gasteiger partial charge in [0.15, 0.2) is 0 Å². The summed E-state index contributed by atoms with van der Waals surface area (Å²) >= 11 is 0. The summed E-state index contributed by atoms with van der Waals surface area (Å²) < 4.78 is 0. The maximum absolute atomic E-state index is 2.52. The molecule has 0 amide bonds. The van der Waals surface area contributed by atoms with E-state index in [-0.39, 0.29) is 5.41 Å². The van der Waals surface area contributed by atoms with Crippen LogP contribution in [0, 0.1) is 0 Å². The quantitative estimate of drug-likeness (QED) is 0.157. The highest BCUT2D eigenvalue weighted by molar-refractivity contribution is 6.23. The van der Waals surface area contributed by atoms with E-state index in [4.69, 9.17) is 0 Å². The van der Waals surface area contributed by atoms with Crippen LogP contribution >= 0.6 is 0 Å². The number of hydrogen-bond acceptors (Lipinski definition) is 0. The van der Waals surface area contributed by atoms with E-state index in [1.165, 1.54) is 82.0 Å². The summed E-state index contributed by atoms with van der Waals surface area (Å²) in [6.45, 7) is 15.1. The lowest BCUT2D eigenvalue weighted by molar-refractivity contribution is 0.439. The van der Waals surface area contributed by atoms with Crippen molar-refractivity contribution in [3.8, 4) is 33.4 Å². The minimum atomic E-state index is 0.115.